The van der Waals surface area contributed by atoms with Crippen LogP contribution in [-0.2, 0) is 15.8 Å². The summed E-state index contributed by atoms with van der Waals surface area (Å²) in [5, 5.41) is 11.2. The Hall–Kier alpha value is -1.44. The Kier molecular flexibility index (Phi) is 7.42. The molecule has 2 unspecified atom stereocenters. The summed E-state index contributed by atoms with van der Waals surface area (Å²) in [5.74, 6) is -0.366. The molecule has 30 heavy (non-hydrogen) atoms. The number of hydrogen-bond acceptors (Lipinski definition) is 4. The fourth-order valence-electron chi connectivity index (χ4n) is 3.34. The molecular weight excluding hydrogens is 401 g/mol. The van der Waals surface area contributed by atoms with Crippen molar-refractivity contribution in [2.75, 3.05) is 6.54 Å². The number of carbonyl (C=O) groups is 1. The molecule has 0 saturated carbocycles. The molecule has 5 nitrogen and oxygen atoms in total. The van der Waals surface area contributed by atoms with Crippen LogP contribution in [0.15, 0.2) is 18.2 Å². The van der Waals surface area contributed by atoms with Gasteiger partial charge >= 0.3 is 6.09 Å². The van der Waals surface area contributed by atoms with Gasteiger partial charge in [0.25, 0.3) is 0 Å². The van der Waals surface area contributed by atoms with Crippen molar-refractivity contribution in [3.63, 3.8) is 0 Å². The number of ether oxygens (including phenoxy) is 1. The van der Waals surface area contributed by atoms with Gasteiger partial charge in [-0.15, -0.1) is 0 Å². The molecule has 2 rings (SSSR count). The third-order valence-corrected chi connectivity index (χ3v) is 10.6. The third-order valence-electron chi connectivity index (χ3n) is 6.11. The van der Waals surface area contributed by atoms with Crippen molar-refractivity contribution in [1.29, 1.82) is 0 Å². The molecule has 1 amide bonds. The average Bonchev–Trinajstić information content (AvgIpc) is 3.07. The molecule has 0 aliphatic carbocycles. The van der Waals surface area contributed by atoms with Gasteiger partial charge in [-0.25, -0.2) is 9.18 Å². The first-order chi connectivity index (χ1) is 13.6. The van der Waals surface area contributed by atoms with E-state index >= 15 is 0 Å². The Balaban J connectivity index is 2.25. The van der Waals surface area contributed by atoms with Crippen LogP contribution in [0.4, 0.5) is 9.18 Å². The zero-order chi connectivity index (χ0) is 22.9. The Morgan fingerprint density at radius 1 is 1.27 bits per heavy atom. The monoisotopic (exact) mass is 439 g/mol. The molecule has 1 saturated heterocycles. The van der Waals surface area contributed by atoms with Crippen molar-refractivity contribution in [3.8, 4) is 0 Å². The average molecular weight is 440 g/mol. The van der Waals surface area contributed by atoms with Crippen molar-refractivity contribution in [3.05, 3.63) is 35.1 Å². The molecular formula is C23H38FNO4Si. The largest absolute Gasteiger partial charge is 0.444 e. The van der Waals surface area contributed by atoms with Crippen molar-refractivity contribution in [2.45, 2.75) is 96.9 Å². The van der Waals surface area contributed by atoms with E-state index in [1.165, 1.54) is 12.1 Å². The van der Waals surface area contributed by atoms with Crippen LogP contribution >= 0.6 is 0 Å². The number of amides is 1. The standard InChI is InChI=1S/C23H38FNO4Si/c1-22(2,3)29-21(27)25-13-9-10-19(25)20(26)18-12-11-17(24)14-16(18)15-28-30(7,8)23(4,5)6/h11-12,14,19-20,26H,9-10,13,15H2,1-8H3. The Labute approximate surface area is 181 Å². The van der Waals surface area contributed by atoms with Crippen LogP contribution in [-0.4, -0.2) is 42.6 Å². The van der Waals surface area contributed by atoms with Crippen molar-refractivity contribution >= 4 is 14.4 Å². The predicted molar refractivity (Wildman–Crippen MR) is 119 cm³/mol. The Morgan fingerprint density at radius 2 is 1.90 bits per heavy atom. The minimum Gasteiger partial charge on any atom is -0.444 e. The highest BCUT2D eigenvalue weighted by Crippen LogP contribution is 2.38. The second-order valence-corrected chi connectivity index (χ2v) is 15.5. The van der Waals surface area contributed by atoms with E-state index in [9.17, 15) is 14.3 Å². The minimum atomic E-state index is -2.04. The van der Waals surface area contributed by atoms with Crippen LogP contribution in [0.2, 0.25) is 18.1 Å². The van der Waals surface area contributed by atoms with Gasteiger partial charge < -0.3 is 19.2 Å². The van der Waals surface area contributed by atoms with Gasteiger partial charge in [-0.3, -0.25) is 0 Å². The molecule has 1 aliphatic rings. The molecule has 1 N–H and O–H groups in total. The van der Waals surface area contributed by atoms with E-state index in [2.05, 4.69) is 33.9 Å². The van der Waals surface area contributed by atoms with Crippen LogP contribution in [0.3, 0.4) is 0 Å². The molecule has 1 aromatic carbocycles. The summed E-state index contributed by atoms with van der Waals surface area (Å²) in [6.07, 6.45) is 0.0991. The Bertz CT molecular complexity index is 755. The predicted octanol–water partition coefficient (Wildman–Crippen LogP) is 5.78. The third kappa shape index (κ3) is 6.05. The molecule has 1 fully saturated rings. The highest BCUT2D eigenvalue weighted by molar-refractivity contribution is 6.74. The maximum Gasteiger partial charge on any atom is 0.410 e. The molecule has 0 spiro atoms. The number of hydrogen-bond donors (Lipinski definition) is 1. The second-order valence-electron chi connectivity index (χ2n) is 10.7. The van der Waals surface area contributed by atoms with E-state index in [1.807, 2.05) is 20.8 Å². The van der Waals surface area contributed by atoms with Gasteiger partial charge in [-0.05, 0) is 75.0 Å². The highest BCUT2D eigenvalue weighted by Gasteiger charge is 2.39. The molecule has 0 aromatic heterocycles. The van der Waals surface area contributed by atoms with Gasteiger partial charge in [0.15, 0.2) is 8.32 Å². The number of nitrogens with zero attached hydrogens (tertiary/aromatic N) is 1. The summed E-state index contributed by atoms with van der Waals surface area (Å²) in [4.78, 5) is 14.2. The lowest BCUT2D eigenvalue weighted by molar-refractivity contribution is 0.00462. The van der Waals surface area contributed by atoms with Crippen LogP contribution in [0, 0.1) is 5.82 Å². The quantitative estimate of drug-likeness (QED) is 0.591. The molecule has 1 aliphatic heterocycles. The molecule has 0 radical (unpaired) electrons. The number of carbonyl (C=O) groups excluding carboxylic acids is 1. The molecule has 170 valence electrons. The first kappa shape index (κ1) is 24.8. The zero-order valence-corrected chi connectivity index (χ0v) is 20.7. The second kappa shape index (κ2) is 8.97. The summed E-state index contributed by atoms with van der Waals surface area (Å²) in [6.45, 7) is 17.0. The van der Waals surface area contributed by atoms with Crippen molar-refractivity contribution in [1.82, 2.24) is 4.90 Å². The summed E-state index contributed by atoms with van der Waals surface area (Å²) in [6, 6.07) is 3.98. The van der Waals surface area contributed by atoms with Gasteiger partial charge in [0.1, 0.15) is 11.4 Å². The lowest BCUT2D eigenvalue weighted by atomic mass is 9.96. The number of likely N-dealkylation sites (tertiary alicyclic amines) is 1. The zero-order valence-electron chi connectivity index (χ0n) is 19.7. The summed E-state index contributed by atoms with van der Waals surface area (Å²) >= 11 is 0. The fraction of sp³-hybridized carbons (Fsp3) is 0.696. The number of rotatable bonds is 5. The molecule has 7 heteroatoms. The summed E-state index contributed by atoms with van der Waals surface area (Å²) in [5.41, 5.74) is 0.631. The number of halogens is 1. The fourth-order valence-corrected chi connectivity index (χ4v) is 4.29. The Morgan fingerprint density at radius 3 is 2.47 bits per heavy atom. The number of benzene rings is 1. The highest BCUT2D eigenvalue weighted by atomic mass is 28.4. The lowest BCUT2D eigenvalue weighted by Crippen LogP contribution is -2.43. The van der Waals surface area contributed by atoms with Gasteiger partial charge in [-0.1, -0.05) is 26.8 Å². The molecule has 0 bridgehead atoms. The summed E-state index contributed by atoms with van der Waals surface area (Å²) in [7, 11) is -2.04. The smallest absolute Gasteiger partial charge is 0.410 e. The van der Waals surface area contributed by atoms with Gasteiger partial charge in [0, 0.05) is 6.54 Å². The number of aliphatic hydroxyl groups excluding tert-OH is 1. The first-order valence-electron chi connectivity index (χ1n) is 10.7. The van der Waals surface area contributed by atoms with Crippen molar-refractivity contribution in [2.24, 2.45) is 0 Å². The maximum atomic E-state index is 14.0. The van der Waals surface area contributed by atoms with Gasteiger partial charge in [0.2, 0.25) is 0 Å². The number of aliphatic hydroxyl groups is 1. The van der Waals surface area contributed by atoms with E-state index < -0.39 is 32.2 Å². The van der Waals surface area contributed by atoms with E-state index in [0.717, 1.165) is 6.42 Å². The maximum absolute atomic E-state index is 14.0. The summed E-state index contributed by atoms with van der Waals surface area (Å²) < 4.78 is 25.8. The van der Waals surface area contributed by atoms with E-state index in [4.69, 9.17) is 9.16 Å². The van der Waals surface area contributed by atoms with Gasteiger partial charge in [0.05, 0.1) is 18.8 Å². The molecule has 1 aromatic rings. The van der Waals surface area contributed by atoms with Gasteiger partial charge in [-0.2, -0.15) is 0 Å². The SMILES string of the molecule is CC(C)(C)OC(=O)N1CCCC1C(O)c1ccc(F)cc1CO[Si](C)(C)C(C)(C)C. The van der Waals surface area contributed by atoms with Crippen LogP contribution in [0.1, 0.15) is 71.6 Å². The minimum absolute atomic E-state index is 0.0259. The molecule has 2 atom stereocenters. The van der Waals surface area contributed by atoms with E-state index in [-0.39, 0.29) is 17.5 Å². The van der Waals surface area contributed by atoms with Crippen LogP contribution < -0.4 is 0 Å². The van der Waals surface area contributed by atoms with Crippen LogP contribution in [0.5, 0.6) is 0 Å². The normalized spacial score (nSPS) is 19.1. The molecule has 1 heterocycles. The van der Waals surface area contributed by atoms with E-state index in [0.29, 0.717) is 24.1 Å². The topological polar surface area (TPSA) is 59.0 Å². The van der Waals surface area contributed by atoms with Crippen LogP contribution in [0.25, 0.3) is 0 Å². The lowest BCUT2D eigenvalue weighted by Gasteiger charge is -2.36. The first-order valence-corrected chi connectivity index (χ1v) is 13.6. The van der Waals surface area contributed by atoms with E-state index in [1.54, 1.807) is 11.0 Å². The van der Waals surface area contributed by atoms with Crippen molar-refractivity contribution < 1.29 is 23.5 Å².